The number of nitrogens with zero attached hydrogens (tertiary/aromatic N) is 2. The van der Waals surface area contributed by atoms with Crippen molar-refractivity contribution in [1.29, 1.82) is 0 Å². The lowest BCUT2D eigenvalue weighted by atomic mass is 9.77. The van der Waals surface area contributed by atoms with Gasteiger partial charge in [0.05, 0.1) is 12.5 Å². The first-order valence-electron chi connectivity index (χ1n) is 20.5. The number of ether oxygens (including phenoxy) is 2. The van der Waals surface area contributed by atoms with E-state index >= 15 is 4.79 Å². The molecule has 62 heavy (non-hydrogen) atoms. The summed E-state index contributed by atoms with van der Waals surface area (Å²) in [7, 11) is 0. The van der Waals surface area contributed by atoms with E-state index in [9.17, 15) is 14.4 Å². The van der Waals surface area contributed by atoms with Gasteiger partial charge in [0.15, 0.2) is 12.9 Å². The zero-order valence-electron chi connectivity index (χ0n) is 35.0. The molecule has 6 aromatic rings. The Morgan fingerprint density at radius 3 is 1.89 bits per heavy atom. The first-order chi connectivity index (χ1) is 30.2. The van der Waals surface area contributed by atoms with Crippen LogP contribution >= 0.6 is 11.3 Å². The summed E-state index contributed by atoms with van der Waals surface area (Å²) in [6, 6.07) is 37.5. The molecule has 0 aliphatic rings. The highest BCUT2D eigenvalue weighted by molar-refractivity contribution is 7.17. The number of hydroxylamine groups is 1. The molecule has 0 saturated heterocycles. The number of carbonyl (C=O) groups is 4. The predicted octanol–water partition coefficient (Wildman–Crippen LogP) is 6.83. The lowest BCUT2D eigenvalue weighted by Gasteiger charge is -2.38. The summed E-state index contributed by atoms with van der Waals surface area (Å²) in [5, 5.41) is 11.7. The molecule has 0 fully saturated rings. The summed E-state index contributed by atoms with van der Waals surface area (Å²) in [6.07, 6.45) is 1.94. The summed E-state index contributed by atoms with van der Waals surface area (Å²) >= 11 is 1.56. The lowest BCUT2D eigenvalue weighted by molar-refractivity contribution is -0.180. The highest BCUT2D eigenvalue weighted by Crippen LogP contribution is 2.37. The van der Waals surface area contributed by atoms with Gasteiger partial charge in [-0.05, 0) is 77.6 Å². The molecule has 0 saturated carbocycles. The third-order valence-corrected chi connectivity index (χ3v) is 11.3. The number of nitrogens with one attached hydrogen (secondary N) is 4. The van der Waals surface area contributed by atoms with Crippen molar-refractivity contribution in [3.63, 3.8) is 0 Å². The fraction of sp³-hybridized carbons (Fsp3) is 0.271. The fourth-order valence-corrected chi connectivity index (χ4v) is 8.27. The summed E-state index contributed by atoms with van der Waals surface area (Å²) < 4.78 is 13.1. The van der Waals surface area contributed by atoms with Gasteiger partial charge in [-0.1, -0.05) is 109 Å². The number of amides is 5. The van der Waals surface area contributed by atoms with Crippen LogP contribution in [0.2, 0.25) is 0 Å². The first-order valence-corrected chi connectivity index (χ1v) is 21.4. The van der Waals surface area contributed by atoms with Crippen molar-refractivity contribution < 1.29 is 33.5 Å². The highest BCUT2D eigenvalue weighted by Gasteiger charge is 2.40. The number of thiophene rings is 1. The van der Waals surface area contributed by atoms with Crippen LogP contribution in [0.4, 0.5) is 4.79 Å². The molecule has 0 spiro atoms. The van der Waals surface area contributed by atoms with Crippen LogP contribution < -0.4 is 21.4 Å². The Morgan fingerprint density at radius 2 is 1.31 bits per heavy atom. The molecule has 2 atom stereocenters. The number of hydrogen-bond acceptors (Lipinski definition) is 9. The van der Waals surface area contributed by atoms with E-state index in [2.05, 4.69) is 26.4 Å². The van der Waals surface area contributed by atoms with Gasteiger partial charge in [0.1, 0.15) is 11.6 Å². The number of urea groups is 1. The average molecular weight is 857 g/mol. The molecule has 6 rings (SSSR count). The maximum absolute atomic E-state index is 15.2. The number of fused-ring (bicyclic) bond motifs is 1. The van der Waals surface area contributed by atoms with Crippen molar-refractivity contribution in [3.05, 3.63) is 173 Å². The van der Waals surface area contributed by atoms with E-state index in [0.717, 1.165) is 37.9 Å². The van der Waals surface area contributed by atoms with Crippen LogP contribution in [0.1, 0.15) is 55.0 Å². The number of hydrogen-bond donors (Lipinski definition) is 4. The van der Waals surface area contributed by atoms with E-state index in [0.29, 0.717) is 13.2 Å². The van der Waals surface area contributed by atoms with Crippen LogP contribution in [0, 0.1) is 0 Å². The van der Waals surface area contributed by atoms with Gasteiger partial charge in [0.2, 0.25) is 17.7 Å². The Kier molecular flexibility index (Phi) is 16.3. The van der Waals surface area contributed by atoms with Crippen molar-refractivity contribution in [1.82, 2.24) is 31.3 Å². The summed E-state index contributed by atoms with van der Waals surface area (Å²) in [4.78, 5) is 67.1. The predicted molar refractivity (Wildman–Crippen MR) is 238 cm³/mol. The molecule has 0 bridgehead atoms. The van der Waals surface area contributed by atoms with Crippen LogP contribution in [0.5, 0.6) is 0 Å². The monoisotopic (exact) mass is 856 g/mol. The Morgan fingerprint density at radius 1 is 0.742 bits per heavy atom. The van der Waals surface area contributed by atoms with Gasteiger partial charge in [0.25, 0.3) is 0 Å². The zero-order valence-corrected chi connectivity index (χ0v) is 35.8. The molecule has 2 aromatic heterocycles. The van der Waals surface area contributed by atoms with Crippen molar-refractivity contribution in [2.75, 3.05) is 19.8 Å². The van der Waals surface area contributed by atoms with Gasteiger partial charge in [-0.25, -0.2) is 10.3 Å². The van der Waals surface area contributed by atoms with E-state index < -0.39 is 60.7 Å². The van der Waals surface area contributed by atoms with Crippen LogP contribution in [-0.4, -0.2) is 71.8 Å². The first kappa shape index (κ1) is 45.1. The van der Waals surface area contributed by atoms with Crippen LogP contribution in [0.25, 0.3) is 10.1 Å². The average Bonchev–Trinajstić information content (AvgIpc) is 3.72. The van der Waals surface area contributed by atoms with E-state index in [1.165, 1.54) is 0 Å². The van der Waals surface area contributed by atoms with Crippen LogP contribution in [0.3, 0.4) is 0 Å². The summed E-state index contributed by atoms with van der Waals surface area (Å²) in [6.45, 7) is 5.83. The van der Waals surface area contributed by atoms with Gasteiger partial charge in [-0.3, -0.25) is 24.2 Å². The Balaban J connectivity index is 1.32. The molecule has 2 heterocycles. The van der Waals surface area contributed by atoms with Crippen LogP contribution in [-0.2, 0) is 47.3 Å². The molecular weight excluding hydrogens is 805 g/mol. The summed E-state index contributed by atoms with van der Waals surface area (Å²) in [5.74, 6) is -1.81. The molecular formula is C48H52N6O7S. The molecule has 4 aromatic carbocycles. The van der Waals surface area contributed by atoms with Gasteiger partial charge in [-0.2, -0.15) is 0 Å². The van der Waals surface area contributed by atoms with Gasteiger partial charge < -0.3 is 30.3 Å². The third kappa shape index (κ3) is 11.5. The molecule has 4 N–H and O–H groups in total. The lowest BCUT2D eigenvalue weighted by Crippen LogP contribution is -2.57. The topological polar surface area (TPSA) is 160 Å². The Bertz CT molecular complexity index is 2250. The van der Waals surface area contributed by atoms with Crippen molar-refractivity contribution in [3.8, 4) is 0 Å². The molecule has 0 aliphatic heterocycles. The standard InChI is InChI=1S/C48H52N6O7S/c1-4-59-46(60-5-2)34(3)54(31-36-33-62-42-24-16-15-23-40(36)42)45(57)41(51-44(56)32-61-53-47(58)50-30-35-25-27-49-28-26-35)29-43(55)52-48(37-17-9-6-10-18-37,38-19-11-7-12-20-38)39-21-13-8-14-22-39/h6-28,33-34,41,46H,4-5,29-32H2,1-3H3,(H,51,56)(H,52,55)(H2,50,53,58). The smallest absolute Gasteiger partial charge is 0.338 e. The minimum absolute atomic E-state index is 0.131. The largest absolute Gasteiger partial charge is 0.351 e. The molecule has 322 valence electrons. The minimum atomic E-state index is -1.40. The van der Waals surface area contributed by atoms with Crippen molar-refractivity contribution in [2.24, 2.45) is 0 Å². The normalized spacial score (nSPS) is 12.3. The van der Waals surface area contributed by atoms with E-state index in [1.807, 2.05) is 141 Å². The maximum Gasteiger partial charge on any atom is 0.338 e. The van der Waals surface area contributed by atoms with Gasteiger partial charge in [-0.15, -0.1) is 11.3 Å². The highest BCUT2D eigenvalue weighted by atomic mass is 32.1. The number of rotatable bonds is 21. The second-order valence-electron chi connectivity index (χ2n) is 14.4. The molecule has 0 radical (unpaired) electrons. The second-order valence-corrected chi connectivity index (χ2v) is 15.3. The van der Waals surface area contributed by atoms with Gasteiger partial charge in [0, 0.05) is 43.4 Å². The molecule has 5 amide bonds. The van der Waals surface area contributed by atoms with Gasteiger partial charge >= 0.3 is 6.03 Å². The molecule has 2 unspecified atom stereocenters. The van der Waals surface area contributed by atoms with Crippen molar-refractivity contribution in [2.45, 2.75) is 64.2 Å². The molecule has 0 aliphatic carbocycles. The Labute approximate surface area is 365 Å². The Hall–Kier alpha value is -6.45. The van der Waals surface area contributed by atoms with E-state index in [-0.39, 0.29) is 13.1 Å². The van der Waals surface area contributed by atoms with E-state index in [4.69, 9.17) is 14.3 Å². The second kappa shape index (κ2) is 22.4. The van der Waals surface area contributed by atoms with E-state index in [1.54, 1.807) is 40.8 Å². The molecule has 14 heteroatoms. The van der Waals surface area contributed by atoms with Crippen LogP contribution in [0.15, 0.2) is 145 Å². The summed E-state index contributed by atoms with van der Waals surface area (Å²) in [5.41, 5.74) is 5.08. The van der Waals surface area contributed by atoms with Crippen molar-refractivity contribution >= 4 is 45.2 Å². The quantitative estimate of drug-likeness (QED) is 0.0349. The fourth-order valence-electron chi connectivity index (χ4n) is 7.31. The maximum atomic E-state index is 15.2. The molecule has 13 nitrogen and oxygen atoms in total. The number of aromatic nitrogens is 1. The minimum Gasteiger partial charge on any atom is -0.351 e. The number of carbonyl (C=O) groups excluding carboxylic acids is 4. The SMILES string of the molecule is CCOC(OCC)C(C)N(Cc1csc2ccccc12)C(=O)C(CC(=O)NC(c1ccccc1)(c1ccccc1)c1ccccc1)NC(=O)CONC(=O)NCc1ccncc1. The third-order valence-electron chi connectivity index (χ3n) is 10.3. The number of benzene rings is 4. The zero-order chi connectivity index (χ0) is 43.7. The number of pyridine rings is 1.